The van der Waals surface area contributed by atoms with Crippen molar-refractivity contribution in [2.75, 3.05) is 6.54 Å². The van der Waals surface area contributed by atoms with E-state index >= 15 is 0 Å². The van der Waals surface area contributed by atoms with Crippen molar-refractivity contribution < 1.29 is 0 Å². The maximum atomic E-state index is 6.06. The highest BCUT2D eigenvalue weighted by Gasteiger charge is 2.11. The van der Waals surface area contributed by atoms with E-state index in [2.05, 4.69) is 0 Å². The molecule has 0 saturated carbocycles. The number of hydrogen-bond donors (Lipinski definition) is 2. The summed E-state index contributed by atoms with van der Waals surface area (Å²) in [5, 5.41) is 1.13. The fourth-order valence-corrected chi connectivity index (χ4v) is 1.92. The fraction of sp³-hybridized carbons (Fsp3) is 0.455. The Hall–Kier alpha value is -0.280. The minimum absolute atomic E-state index is 0.0530. The third kappa shape index (κ3) is 3.65. The van der Waals surface area contributed by atoms with Crippen LogP contribution in [0.25, 0.3) is 0 Å². The first-order chi connectivity index (χ1) is 7.16. The lowest BCUT2D eigenvalue weighted by Crippen LogP contribution is -2.11. The maximum absolute atomic E-state index is 6.06. The van der Waals surface area contributed by atoms with Crippen molar-refractivity contribution in [1.29, 1.82) is 0 Å². The Balaban J connectivity index is 2.65. The van der Waals surface area contributed by atoms with Crippen LogP contribution in [0.3, 0.4) is 0 Å². The maximum Gasteiger partial charge on any atom is 0.0639 e. The minimum atomic E-state index is -0.0530. The van der Waals surface area contributed by atoms with E-state index in [1.165, 1.54) is 0 Å². The second-order valence-electron chi connectivity index (χ2n) is 3.53. The summed E-state index contributed by atoms with van der Waals surface area (Å²) in [4.78, 5) is 0. The van der Waals surface area contributed by atoms with Crippen LogP contribution in [0.1, 0.15) is 30.9 Å². The van der Waals surface area contributed by atoms with E-state index in [-0.39, 0.29) is 6.04 Å². The molecule has 0 aliphatic carbocycles. The van der Waals surface area contributed by atoms with Gasteiger partial charge in [0, 0.05) is 6.04 Å². The van der Waals surface area contributed by atoms with Crippen LogP contribution >= 0.6 is 23.2 Å². The molecular formula is C11H16Cl2N2. The molecule has 0 fully saturated rings. The van der Waals surface area contributed by atoms with Crippen molar-refractivity contribution >= 4 is 23.2 Å². The fourth-order valence-electron chi connectivity index (χ4n) is 1.47. The summed E-state index contributed by atoms with van der Waals surface area (Å²) in [6, 6.07) is 5.50. The van der Waals surface area contributed by atoms with Gasteiger partial charge in [-0.05, 0) is 31.0 Å². The average Bonchev–Trinajstić information content (AvgIpc) is 2.22. The van der Waals surface area contributed by atoms with E-state index in [0.29, 0.717) is 16.6 Å². The first-order valence-electron chi connectivity index (χ1n) is 5.06. The molecule has 4 heteroatoms. The molecule has 0 aliphatic heterocycles. The molecule has 0 amide bonds. The first-order valence-corrected chi connectivity index (χ1v) is 5.82. The second kappa shape index (κ2) is 6.33. The van der Waals surface area contributed by atoms with E-state index in [4.69, 9.17) is 34.7 Å². The molecule has 0 saturated heterocycles. The predicted octanol–water partition coefficient (Wildman–Crippen LogP) is 3.12. The van der Waals surface area contributed by atoms with Crippen LogP contribution in [0.15, 0.2) is 18.2 Å². The molecule has 15 heavy (non-hydrogen) atoms. The molecule has 0 spiro atoms. The van der Waals surface area contributed by atoms with Crippen molar-refractivity contribution in [3.05, 3.63) is 33.8 Å². The Morgan fingerprint density at radius 1 is 1.20 bits per heavy atom. The van der Waals surface area contributed by atoms with Crippen molar-refractivity contribution in [2.45, 2.75) is 25.3 Å². The van der Waals surface area contributed by atoms with Crippen LogP contribution in [0, 0.1) is 0 Å². The molecule has 0 unspecified atom stereocenters. The van der Waals surface area contributed by atoms with E-state index in [1.54, 1.807) is 6.07 Å². The van der Waals surface area contributed by atoms with Gasteiger partial charge < -0.3 is 11.5 Å². The topological polar surface area (TPSA) is 52.0 Å². The summed E-state index contributed by atoms with van der Waals surface area (Å²) >= 11 is 12.0. The Kier molecular flexibility index (Phi) is 5.40. The molecule has 0 aromatic heterocycles. The Morgan fingerprint density at radius 2 is 1.93 bits per heavy atom. The molecule has 1 atom stereocenters. The normalized spacial score (nSPS) is 12.8. The summed E-state index contributed by atoms with van der Waals surface area (Å²) in [5.74, 6) is 0. The molecule has 0 aliphatic rings. The lowest BCUT2D eigenvalue weighted by atomic mass is 10.0. The zero-order chi connectivity index (χ0) is 11.3. The van der Waals surface area contributed by atoms with E-state index in [9.17, 15) is 0 Å². The van der Waals surface area contributed by atoms with Gasteiger partial charge in [0.1, 0.15) is 0 Å². The third-order valence-electron chi connectivity index (χ3n) is 2.35. The molecule has 2 nitrogen and oxygen atoms in total. The molecule has 1 aromatic rings. The quantitative estimate of drug-likeness (QED) is 0.785. The Bertz CT molecular complexity index is 315. The molecule has 0 bridgehead atoms. The first kappa shape index (κ1) is 12.8. The summed E-state index contributed by atoms with van der Waals surface area (Å²) in [7, 11) is 0. The van der Waals surface area contributed by atoms with Crippen LogP contribution in [0.4, 0.5) is 0 Å². The van der Waals surface area contributed by atoms with Gasteiger partial charge in [-0.2, -0.15) is 0 Å². The van der Waals surface area contributed by atoms with Gasteiger partial charge in [0.25, 0.3) is 0 Å². The lowest BCUT2D eigenvalue weighted by Gasteiger charge is -2.13. The lowest BCUT2D eigenvalue weighted by molar-refractivity contribution is 0.591. The van der Waals surface area contributed by atoms with Gasteiger partial charge in [0.05, 0.1) is 10.0 Å². The Morgan fingerprint density at radius 3 is 2.60 bits per heavy atom. The van der Waals surface area contributed by atoms with Gasteiger partial charge in [-0.25, -0.2) is 0 Å². The van der Waals surface area contributed by atoms with Crippen molar-refractivity contribution in [3.8, 4) is 0 Å². The van der Waals surface area contributed by atoms with Crippen molar-refractivity contribution in [2.24, 2.45) is 11.5 Å². The average molecular weight is 247 g/mol. The third-order valence-corrected chi connectivity index (χ3v) is 3.18. The summed E-state index contributed by atoms with van der Waals surface area (Å²) < 4.78 is 0. The predicted molar refractivity (Wildman–Crippen MR) is 66.3 cm³/mol. The highest BCUT2D eigenvalue weighted by Crippen LogP contribution is 2.30. The van der Waals surface area contributed by atoms with Gasteiger partial charge >= 0.3 is 0 Å². The number of nitrogens with two attached hydrogens (primary N) is 2. The smallest absolute Gasteiger partial charge is 0.0639 e. The molecule has 84 valence electrons. The van der Waals surface area contributed by atoms with Crippen LogP contribution in [0.5, 0.6) is 0 Å². The largest absolute Gasteiger partial charge is 0.330 e. The Labute approximate surface area is 101 Å². The number of halogens is 2. The number of rotatable bonds is 5. The van der Waals surface area contributed by atoms with Gasteiger partial charge in [-0.15, -0.1) is 0 Å². The zero-order valence-corrected chi connectivity index (χ0v) is 10.1. The van der Waals surface area contributed by atoms with Gasteiger partial charge in [-0.1, -0.05) is 41.8 Å². The molecular weight excluding hydrogens is 231 g/mol. The monoisotopic (exact) mass is 246 g/mol. The van der Waals surface area contributed by atoms with Crippen LogP contribution < -0.4 is 11.5 Å². The van der Waals surface area contributed by atoms with Gasteiger partial charge in [0.2, 0.25) is 0 Å². The standard InChI is InChI=1S/C11H16Cl2N2/c12-9-5-3-4-8(11(9)13)10(15)6-1-2-7-14/h3-5,10H,1-2,6-7,14-15H2/t10-/m1/s1. The van der Waals surface area contributed by atoms with E-state index in [1.807, 2.05) is 12.1 Å². The van der Waals surface area contributed by atoms with Crippen LogP contribution in [-0.4, -0.2) is 6.54 Å². The summed E-state index contributed by atoms with van der Waals surface area (Å²) in [6.45, 7) is 0.704. The van der Waals surface area contributed by atoms with Crippen molar-refractivity contribution in [3.63, 3.8) is 0 Å². The molecule has 1 aromatic carbocycles. The number of benzene rings is 1. The van der Waals surface area contributed by atoms with Crippen LogP contribution in [0.2, 0.25) is 10.0 Å². The highest BCUT2D eigenvalue weighted by atomic mass is 35.5. The second-order valence-corrected chi connectivity index (χ2v) is 4.32. The molecule has 0 radical (unpaired) electrons. The molecule has 0 heterocycles. The minimum Gasteiger partial charge on any atom is -0.330 e. The van der Waals surface area contributed by atoms with Crippen LogP contribution in [-0.2, 0) is 0 Å². The van der Waals surface area contributed by atoms with E-state index in [0.717, 1.165) is 24.8 Å². The van der Waals surface area contributed by atoms with Gasteiger partial charge in [0.15, 0.2) is 0 Å². The van der Waals surface area contributed by atoms with Gasteiger partial charge in [-0.3, -0.25) is 0 Å². The number of unbranched alkanes of at least 4 members (excludes halogenated alkanes) is 1. The molecule has 4 N–H and O–H groups in total. The zero-order valence-electron chi connectivity index (χ0n) is 8.55. The summed E-state index contributed by atoms with van der Waals surface area (Å²) in [5.41, 5.74) is 12.4. The summed E-state index contributed by atoms with van der Waals surface area (Å²) in [6.07, 6.45) is 2.89. The van der Waals surface area contributed by atoms with E-state index < -0.39 is 0 Å². The highest BCUT2D eigenvalue weighted by molar-refractivity contribution is 6.42. The molecule has 1 rings (SSSR count). The van der Waals surface area contributed by atoms with Crippen molar-refractivity contribution in [1.82, 2.24) is 0 Å². The SMILES string of the molecule is NCCCC[C@@H](N)c1cccc(Cl)c1Cl. The number of hydrogen-bond acceptors (Lipinski definition) is 2.